The number of ether oxygens (including phenoxy) is 2. The second-order valence-corrected chi connectivity index (χ2v) is 9.97. The lowest BCUT2D eigenvalue weighted by atomic mass is 10.1. The van der Waals surface area contributed by atoms with E-state index >= 15 is 0 Å². The van der Waals surface area contributed by atoms with Gasteiger partial charge in [0.2, 0.25) is 5.91 Å². The minimum Gasteiger partial charge on any atom is -0.493 e. The van der Waals surface area contributed by atoms with Crippen LogP contribution in [0.4, 0.5) is 5.69 Å². The van der Waals surface area contributed by atoms with E-state index in [0.717, 1.165) is 46.1 Å². The zero-order chi connectivity index (χ0) is 27.0. The maximum Gasteiger partial charge on any atom is 0.227 e. The first-order valence-electron chi connectivity index (χ1n) is 12.8. The topological polar surface area (TPSA) is 64.1 Å². The average Bonchev–Trinajstić information content (AvgIpc) is 3.01. The Morgan fingerprint density at radius 1 is 0.846 bits per heavy atom. The fraction of sp³-hybridized carbons (Fsp3) is 0.226. The molecule has 8 heteroatoms. The van der Waals surface area contributed by atoms with Crippen molar-refractivity contribution in [1.29, 1.82) is 0 Å². The van der Waals surface area contributed by atoms with E-state index in [9.17, 15) is 4.79 Å². The van der Waals surface area contributed by atoms with Crippen LogP contribution >= 0.6 is 12.0 Å². The molecule has 3 aromatic carbocycles. The van der Waals surface area contributed by atoms with Crippen LogP contribution < -0.4 is 18.6 Å². The molecular formula is C31H31N3O4S. The molecule has 0 radical (unpaired) electrons. The van der Waals surface area contributed by atoms with Gasteiger partial charge in [0.05, 0.1) is 32.7 Å². The van der Waals surface area contributed by atoms with Gasteiger partial charge in [-0.15, -0.1) is 0 Å². The summed E-state index contributed by atoms with van der Waals surface area (Å²) in [7, 11) is 3.20. The number of hydrogen-bond acceptors (Lipinski definition) is 7. The highest BCUT2D eigenvalue weighted by Gasteiger charge is 2.22. The third kappa shape index (κ3) is 6.64. The van der Waals surface area contributed by atoms with Crippen LogP contribution in [0.5, 0.6) is 17.2 Å². The van der Waals surface area contributed by atoms with Gasteiger partial charge in [-0.1, -0.05) is 24.3 Å². The summed E-state index contributed by atoms with van der Waals surface area (Å²) in [6.45, 7) is 2.95. The van der Waals surface area contributed by atoms with Gasteiger partial charge in [-0.05, 0) is 71.3 Å². The first-order chi connectivity index (χ1) is 19.1. The molecule has 0 spiro atoms. The van der Waals surface area contributed by atoms with E-state index in [1.54, 1.807) is 20.4 Å². The molecule has 0 saturated carbocycles. The predicted molar refractivity (Wildman–Crippen MR) is 155 cm³/mol. The highest BCUT2D eigenvalue weighted by atomic mass is 32.2. The van der Waals surface area contributed by atoms with Crippen LogP contribution in [0.15, 0.2) is 96.2 Å². The Morgan fingerprint density at radius 2 is 1.59 bits per heavy atom. The van der Waals surface area contributed by atoms with Gasteiger partial charge in [0.25, 0.3) is 0 Å². The van der Waals surface area contributed by atoms with Crippen LogP contribution in [0, 0.1) is 0 Å². The Bertz CT molecular complexity index is 1370. The van der Waals surface area contributed by atoms with Crippen molar-refractivity contribution in [2.24, 2.45) is 0 Å². The maximum absolute atomic E-state index is 12.9. The normalized spacial score (nSPS) is 13.2. The molecule has 0 aliphatic carbocycles. The molecule has 1 fully saturated rings. The van der Waals surface area contributed by atoms with Crippen molar-refractivity contribution >= 4 is 23.6 Å². The Kier molecular flexibility index (Phi) is 8.53. The number of pyridine rings is 1. The molecule has 1 aliphatic heterocycles. The molecule has 1 amide bonds. The van der Waals surface area contributed by atoms with Crippen molar-refractivity contribution in [1.82, 2.24) is 9.88 Å². The lowest BCUT2D eigenvalue weighted by molar-refractivity contribution is -0.130. The average molecular weight is 542 g/mol. The van der Waals surface area contributed by atoms with Crippen molar-refractivity contribution in [3.8, 4) is 28.4 Å². The predicted octanol–water partition coefficient (Wildman–Crippen LogP) is 5.74. The van der Waals surface area contributed by atoms with Gasteiger partial charge in [-0.3, -0.25) is 9.78 Å². The monoisotopic (exact) mass is 541 g/mol. The van der Waals surface area contributed by atoms with Crippen molar-refractivity contribution in [2.75, 3.05) is 45.3 Å². The Hall–Kier alpha value is -4.17. The number of nitrogens with zero attached hydrogens (tertiary/aromatic N) is 3. The molecule has 0 N–H and O–H groups in total. The largest absolute Gasteiger partial charge is 0.493 e. The van der Waals surface area contributed by atoms with Crippen LogP contribution in [0.2, 0.25) is 0 Å². The number of piperazine rings is 1. The van der Waals surface area contributed by atoms with E-state index < -0.39 is 0 Å². The standard InChI is InChI=1S/C31H31N3O4S/c1-36-29-14-5-23(20-30(29)37-2)21-31(35)34-18-16-33(17-19-34)26-8-10-27(11-9-26)38-39-28-12-6-24(7-13-28)25-4-3-15-32-22-25/h3-15,20,22H,16-19,21H2,1-2H3. The molecule has 39 heavy (non-hydrogen) atoms. The highest BCUT2D eigenvalue weighted by molar-refractivity contribution is 7.95. The fourth-order valence-corrected chi connectivity index (χ4v) is 5.09. The molecule has 1 saturated heterocycles. The number of hydrogen-bond donors (Lipinski definition) is 0. The number of rotatable bonds is 9. The lowest BCUT2D eigenvalue weighted by Crippen LogP contribution is -2.49. The van der Waals surface area contributed by atoms with E-state index in [1.807, 2.05) is 65.7 Å². The minimum atomic E-state index is 0.121. The Balaban J connectivity index is 1.09. The number of anilines is 1. The number of amides is 1. The SMILES string of the molecule is COc1ccc(CC(=O)N2CCN(c3ccc(OSc4ccc(-c5cccnc5)cc4)cc3)CC2)cc1OC. The van der Waals surface area contributed by atoms with Crippen molar-refractivity contribution in [3.63, 3.8) is 0 Å². The smallest absolute Gasteiger partial charge is 0.227 e. The van der Waals surface area contributed by atoms with Crippen LogP contribution in [-0.4, -0.2) is 56.2 Å². The van der Waals surface area contributed by atoms with Crippen LogP contribution in [0.1, 0.15) is 5.56 Å². The maximum atomic E-state index is 12.9. The summed E-state index contributed by atoms with van der Waals surface area (Å²) >= 11 is 1.34. The molecule has 200 valence electrons. The molecule has 7 nitrogen and oxygen atoms in total. The van der Waals surface area contributed by atoms with Crippen LogP contribution in [-0.2, 0) is 11.2 Å². The molecular weight excluding hydrogens is 510 g/mol. The van der Waals surface area contributed by atoms with E-state index in [1.165, 1.54) is 12.0 Å². The molecule has 0 atom stereocenters. The molecule has 4 aromatic rings. The molecule has 1 aliphatic rings. The number of carbonyl (C=O) groups excluding carboxylic acids is 1. The molecule has 2 heterocycles. The molecule has 5 rings (SSSR count). The van der Waals surface area contributed by atoms with Gasteiger partial charge in [0.1, 0.15) is 5.75 Å². The Labute approximate surface area is 233 Å². The second kappa shape index (κ2) is 12.6. The van der Waals surface area contributed by atoms with Gasteiger partial charge in [-0.25, -0.2) is 0 Å². The molecule has 1 aromatic heterocycles. The molecule has 0 bridgehead atoms. The Morgan fingerprint density at radius 3 is 2.26 bits per heavy atom. The summed E-state index contributed by atoms with van der Waals surface area (Å²) in [6.07, 6.45) is 3.98. The zero-order valence-electron chi connectivity index (χ0n) is 22.1. The lowest BCUT2D eigenvalue weighted by Gasteiger charge is -2.36. The van der Waals surface area contributed by atoms with E-state index in [0.29, 0.717) is 31.0 Å². The van der Waals surface area contributed by atoms with Crippen molar-refractivity contribution < 1.29 is 18.5 Å². The third-order valence-corrected chi connectivity index (χ3v) is 7.46. The van der Waals surface area contributed by atoms with Gasteiger partial charge < -0.3 is 23.5 Å². The number of benzene rings is 3. The van der Waals surface area contributed by atoms with Crippen LogP contribution in [0.3, 0.4) is 0 Å². The quantitative estimate of drug-likeness (QED) is 0.250. The van der Waals surface area contributed by atoms with E-state index in [2.05, 4.69) is 34.1 Å². The first-order valence-corrected chi connectivity index (χ1v) is 13.6. The summed E-state index contributed by atoms with van der Waals surface area (Å²) in [4.78, 5) is 22.3. The summed E-state index contributed by atoms with van der Waals surface area (Å²) in [5.41, 5.74) is 4.26. The number of carbonyl (C=O) groups is 1. The summed E-state index contributed by atoms with van der Waals surface area (Å²) < 4.78 is 16.6. The number of methoxy groups -OCH3 is 2. The second-order valence-electron chi connectivity index (χ2n) is 9.16. The van der Waals surface area contributed by atoms with Gasteiger partial charge >= 0.3 is 0 Å². The van der Waals surface area contributed by atoms with Gasteiger partial charge in [-0.2, -0.15) is 0 Å². The minimum absolute atomic E-state index is 0.121. The summed E-state index contributed by atoms with van der Waals surface area (Å²) in [6, 6.07) is 26.0. The third-order valence-electron chi connectivity index (χ3n) is 6.72. The van der Waals surface area contributed by atoms with Crippen LogP contribution in [0.25, 0.3) is 11.1 Å². The van der Waals surface area contributed by atoms with Crippen molar-refractivity contribution in [3.05, 3.63) is 96.8 Å². The van der Waals surface area contributed by atoms with Crippen molar-refractivity contribution in [2.45, 2.75) is 11.3 Å². The van der Waals surface area contributed by atoms with Gasteiger partial charge in [0, 0.05) is 49.2 Å². The zero-order valence-corrected chi connectivity index (χ0v) is 22.9. The van der Waals surface area contributed by atoms with Gasteiger partial charge in [0.15, 0.2) is 11.5 Å². The number of aromatic nitrogens is 1. The molecule has 0 unspecified atom stereocenters. The van der Waals surface area contributed by atoms with E-state index in [4.69, 9.17) is 13.7 Å². The summed E-state index contributed by atoms with van der Waals surface area (Å²) in [5, 5.41) is 0. The van der Waals surface area contributed by atoms with E-state index in [-0.39, 0.29) is 5.91 Å². The first kappa shape index (κ1) is 26.4. The highest BCUT2D eigenvalue weighted by Crippen LogP contribution is 2.29. The summed E-state index contributed by atoms with van der Waals surface area (Å²) in [5.74, 6) is 2.21. The fourth-order valence-electron chi connectivity index (χ4n) is 4.54.